The number of amidine groups is 1. The van der Waals surface area contributed by atoms with Crippen LogP contribution < -0.4 is 5.73 Å². The second kappa shape index (κ2) is 8.85. The van der Waals surface area contributed by atoms with Gasteiger partial charge in [0.25, 0.3) is 0 Å². The molecule has 2 unspecified atom stereocenters. The van der Waals surface area contributed by atoms with Crippen LogP contribution in [0.25, 0.3) is 0 Å². The molecule has 0 saturated heterocycles. The fraction of sp³-hybridized carbons (Fsp3) is 0.722. The maximum absolute atomic E-state index is 12.4. The summed E-state index contributed by atoms with van der Waals surface area (Å²) in [6, 6.07) is 0. The van der Waals surface area contributed by atoms with E-state index in [1.165, 1.54) is 0 Å². The first-order chi connectivity index (χ1) is 11.5. The van der Waals surface area contributed by atoms with Crippen molar-refractivity contribution in [2.24, 2.45) is 22.6 Å². The van der Waals surface area contributed by atoms with E-state index in [4.69, 9.17) is 10.5 Å². The van der Waals surface area contributed by atoms with Crippen LogP contribution in [0.1, 0.15) is 58.1 Å². The molecule has 2 rings (SSSR count). The van der Waals surface area contributed by atoms with Crippen molar-refractivity contribution in [2.45, 2.75) is 58.9 Å². The molecule has 0 radical (unpaired) electrons. The lowest BCUT2D eigenvalue weighted by molar-refractivity contribution is -0.145. The predicted molar refractivity (Wildman–Crippen MR) is 94.9 cm³/mol. The summed E-state index contributed by atoms with van der Waals surface area (Å²) in [4.78, 5) is 21.2. The first-order valence-electron chi connectivity index (χ1n) is 8.96. The smallest absolute Gasteiger partial charge is 0.315 e. The Morgan fingerprint density at radius 2 is 2.29 bits per heavy atom. The molecule has 6 heteroatoms. The predicted octanol–water partition coefficient (Wildman–Crippen LogP) is 2.73. The normalized spacial score (nSPS) is 19.2. The maximum atomic E-state index is 12.4. The molecule has 0 bridgehead atoms. The zero-order chi connectivity index (χ0) is 17.5. The molecule has 2 N–H and O–H groups in total. The van der Waals surface area contributed by atoms with Crippen LogP contribution in [0.3, 0.4) is 0 Å². The molecule has 134 valence electrons. The Hall–Kier alpha value is -1.85. The van der Waals surface area contributed by atoms with Crippen molar-refractivity contribution in [3.05, 3.63) is 18.2 Å². The van der Waals surface area contributed by atoms with Gasteiger partial charge in [0.15, 0.2) is 0 Å². The SMILES string of the molecule is CCOC(=O)C(CC1CCC(N)=NC1)c1cn(CCC(C)C)cn1. The van der Waals surface area contributed by atoms with Crippen LogP contribution in [0, 0.1) is 11.8 Å². The number of nitrogens with zero attached hydrogens (tertiary/aromatic N) is 3. The average Bonchev–Trinajstić information content (AvgIpc) is 3.01. The molecule has 0 aromatic carbocycles. The molecule has 1 aromatic heterocycles. The van der Waals surface area contributed by atoms with E-state index in [9.17, 15) is 4.79 Å². The highest BCUT2D eigenvalue weighted by atomic mass is 16.5. The lowest BCUT2D eigenvalue weighted by atomic mass is 9.88. The van der Waals surface area contributed by atoms with Gasteiger partial charge in [0.2, 0.25) is 0 Å². The lowest BCUT2D eigenvalue weighted by Gasteiger charge is -2.23. The lowest BCUT2D eigenvalue weighted by Crippen LogP contribution is -2.26. The van der Waals surface area contributed by atoms with Crippen LogP contribution in [0.4, 0.5) is 0 Å². The molecule has 0 aliphatic carbocycles. The van der Waals surface area contributed by atoms with E-state index in [2.05, 4.69) is 28.4 Å². The second-order valence-corrected chi connectivity index (χ2v) is 7.00. The Balaban J connectivity index is 2.06. The van der Waals surface area contributed by atoms with Crippen LogP contribution in [0.15, 0.2) is 17.5 Å². The van der Waals surface area contributed by atoms with Crippen LogP contribution in [0.5, 0.6) is 0 Å². The van der Waals surface area contributed by atoms with Gasteiger partial charge in [0.1, 0.15) is 5.92 Å². The van der Waals surface area contributed by atoms with Crippen LogP contribution in [0.2, 0.25) is 0 Å². The van der Waals surface area contributed by atoms with E-state index in [-0.39, 0.29) is 11.9 Å². The van der Waals surface area contributed by atoms with Gasteiger partial charge in [0, 0.05) is 25.7 Å². The summed E-state index contributed by atoms with van der Waals surface area (Å²) < 4.78 is 7.35. The van der Waals surface area contributed by atoms with Crippen molar-refractivity contribution in [3.63, 3.8) is 0 Å². The van der Waals surface area contributed by atoms with E-state index >= 15 is 0 Å². The Bertz CT molecular complexity index is 565. The highest BCUT2D eigenvalue weighted by molar-refractivity contribution is 5.81. The summed E-state index contributed by atoms with van der Waals surface area (Å²) in [5.74, 6) is 1.21. The Morgan fingerprint density at radius 1 is 1.50 bits per heavy atom. The molecule has 1 aliphatic rings. The topological polar surface area (TPSA) is 82.5 Å². The Labute approximate surface area is 144 Å². The van der Waals surface area contributed by atoms with Crippen LogP contribution >= 0.6 is 0 Å². The number of imidazole rings is 1. The zero-order valence-electron chi connectivity index (χ0n) is 15.1. The second-order valence-electron chi connectivity index (χ2n) is 7.00. The fourth-order valence-electron chi connectivity index (χ4n) is 2.96. The van der Waals surface area contributed by atoms with E-state index in [0.29, 0.717) is 25.0 Å². The number of nitrogens with two attached hydrogens (primary N) is 1. The van der Waals surface area contributed by atoms with Crippen molar-refractivity contribution < 1.29 is 9.53 Å². The van der Waals surface area contributed by atoms with Gasteiger partial charge in [-0.3, -0.25) is 9.79 Å². The first-order valence-corrected chi connectivity index (χ1v) is 8.96. The van der Waals surface area contributed by atoms with E-state index in [0.717, 1.165) is 43.8 Å². The quantitative estimate of drug-likeness (QED) is 0.741. The Morgan fingerprint density at radius 3 is 2.92 bits per heavy atom. The number of hydrogen-bond acceptors (Lipinski definition) is 5. The summed E-state index contributed by atoms with van der Waals surface area (Å²) >= 11 is 0. The molecule has 2 heterocycles. The molecule has 2 atom stereocenters. The van der Waals surface area contributed by atoms with Gasteiger partial charge in [-0.05, 0) is 38.0 Å². The number of hydrogen-bond donors (Lipinski definition) is 1. The van der Waals surface area contributed by atoms with E-state index in [1.807, 2.05) is 19.4 Å². The van der Waals surface area contributed by atoms with E-state index < -0.39 is 0 Å². The monoisotopic (exact) mass is 334 g/mol. The minimum Gasteiger partial charge on any atom is -0.465 e. The molecule has 24 heavy (non-hydrogen) atoms. The molecule has 6 nitrogen and oxygen atoms in total. The molecular weight excluding hydrogens is 304 g/mol. The number of aryl methyl sites for hydroxylation is 1. The molecule has 0 saturated carbocycles. The molecule has 1 aromatic rings. The molecule has 0 fully saturated rings. The third kappa shape index (κ3) is 5.35. The summed E-state index contributed by atoms with van der Waals surface area (Å²) in [7, 11) is 0. The summed E-state index contributed by atoms with van der Waals surface area (Å²) in [6.07, 6.45) is 7.40. The van der Waals surface area contributed by atoms with Gasteiger partial charge < -0.3 is 15.0 Å². The zero-order valence-corrected chi connectivity index (χ0v) is 15.1. The third-order valence-electron chi connectivity index (χ3n) is 4.48. The van der Waals surface area contributed by atoms with Crippen molar-refractivity contribution in [1.29, 1.82) is 0 Å². The van der Waals surface area contributed by atoms with Gasteiger partial charge in [-0.25, -0.2) is 4.98 Å². The number of aromatic nitrogens is 2. The summed E-state index contributed by atoms with van der Waals surface area (Å²) in [6.45, 7) is 8.24. The largest absolute Gasteiger partial charge is 0.465 e. The van der Waals surface area contributed by atoms with Crippen molar-refractivity contribution in [2.75, 3.05) is 13.2 Å². The van der Waals surface area contributed by atoms with Gasteiger partial charge in [0.05, 0.1) is 24.5 Å². The minimum atomic E-state index is -0.315. The minimum absolute atomic E-state index is 0.186. The number of aliphatic imine (C=N–C) groups is 1. The van der Waals surface area contributed by atoms with Gasteiger partial charge in [-0.1, -0.05) is 13.8 Å². The number of carbonyl (C=O) groups is 1. The maximum Gasteiger partial charge on any atom is 0.315 e. The fourth-order valence-corrected chi connectivity index (χ4v) is 2.96. The number of ether oxygens (including phenoxy) is 1. The van der Waals surface area contributed by atoms with Crippen molar-refractivity contribution >= 4 is 11.8 Å². The van der Waals surface area contributed by atoms with Crippen molar-refractivity contribution in [3.8, 4) is 0 Å². The molecule has 0 spiro atoms. The third-order valence-corrected chi connectivity index (χ3v) is 4.48. The summed E-state index contributed by atoms with van der Waals surface area (Å²) in [5.41, 5.74) is 6.56. The molecule has 1 aliphatic heterocycles. The van der Waals surface area contributed by atoms with Gasteiger partial charge >= 0.3 is 5.97 Å². The van der Waals surface area contributed by atoms with Crippen molar-refractivity contribution in [1.82, 2.24) is 9.55 Å². The molecule has 0 amide bonds. The molecular formula is C18H30N4O2. The number of esters is 1. The van der Waals surface area contributed by atoms with Gasteiger partial charge in [-0.15, -0.1) is 0 Å². The summed E-state index contributed by atoms with van der Waals surface area (Å²) in [5, 5.41) is 0. The van der Waals surface area contributed by atoms with Crippen LogP contribution in [-0.2, 0) is 16.1 Å². The van der Waals surface area contributed by atoms with E-state index in [1.54, 1.807) is 0 Å². The van der Waals surface area contributed by atoms with Gasteiger partial charge in [-0.2, -0.15) is 0 Å². The van der Waals surface area contributed by atoms with Crippen LogP contribution in [-0.4, -0.2) is 34.5 Å². The standard InChI is InChI=1S/C18H30N4O2/c1-4-24-18(23)15(9-14-5-6-17(19)20-10-14)16-11-22(12-21-16)8-7-13(2)3/h11-15H,4-10H2,1-3H3,(H2,19,20). The first kappa shape index (κ1) is 18.5. The number of carbonyl (C=O) groups excluding carboxylic acids is 1. The average molecular weight is 334 g/mol. The highest BCUT2D eigenvalue weighted by Gasteiger charge is 2.29. The highest BCUT2D eigenvalue weighted by Crippen LogP contribution is 2.28. The number of rotatable bonds is 8. The Kier molecular flexibility index (Phi) is 6.82.